The Hall–Kier alpha value is -1.02. The normalized spacial score (nSPS) is 22.8. The molecule has 1 aliphatic heterocycles. The molecule has 13 heavy (non-hydrogen) atoms. The maximum Gasteiger partial charge on any atom is 0.119 e. The zero-order chi connectivity index (χ0) is 8.89. The van der Waals surface area contributed by atoms with Crippen LogP contribution in [0.2, 0.25) is 0 Å². The van der Waals surface area contributed by atoms with Crippen molar-refractivity contribution in [2.75, 3.05) is 13.1 Å². The molecule has 0 aromatic heterocycles. The Balaban J connectivity index is 2.03. The molecule has 0 radical (unpaired) electrons. The Labute approximate surface area is 77.6 Å². The van der Waals surface area contributed by atoms with Gasteiger partial charge >= 0.3 is 0 Å². The number of phenolic OH excluding ortho intramolecular Hbond substituents is 1. The van der Waals surface area contributed by atoms with Crippen molar-refractivity contribution in [3.05, 3.63) is 29.3 Å². The van der Waals surface area contributed by atoms with Gasteiger partial charge in [-0.25, -0.2) is 0 Å². The SMILES string of the molecule is Oc1cccc2c1CC1(CNC1)C2. The highest BCUT2D eigenvalue weighted by Gasteiger charge is 2.42. The van der Waals surface area contributed by atoms with Crippen LogP contribution in [0.25, 0.3) is 0 Å². The van der Waals surface area contributed by atoms with Crippen molar-refractivity contribution in [1.82, 2.24) is 5.32 Å². The second-order valence-corrected chi connectivity index (χ2v) is 4.37. The van der Waals surface area contributed by atoms with Crippen molar-refractivity contribution in [1.29, 1.82) is 0 Å². The zero-order valence-corrected chi connectivity index (χ0v) is 7.51. The number of hydrogen-bond acceptors (Lipinski definition) is 2. The van der Waals surface area contributed by atoms with E-state index in [0.717, 1.165) is 25.9 Å². The van der Waals surface area contributed by atoms with Gasteiger partial charge in [0.25, 0.3) is 0 Å². The number of phenols is 1. The molecule has 0 unspecified atom stereocenters. The van der Waals surface area contributed by atoms with Gasteiger partial charge in [-0.2, -0.15) is 0 Å². The van der Waals surface area contributed by atoms with E-state index in [0.29, 0.717) is 11.2 Å². The minimum absolute atomic E-state index is 0.446. The van der Waals surface area contributed by atoms with E-state index in [2.05, 4.69) is 11.4 Å². The van der Waals surface area contributed by atoms with E-state index in [9.17, 15) is 5.11 Å². The van der Waals surface area contributed by atoms with Gasteiger partial charge < -0.3 is 10.4 Å². The Kier molecular flexibility index (Phi) is 1.29. The molecular weight excluding hydrogens is 162 g/mol. The molecule has 3 rings (SSSR count). The van der Waals surface area contributed by atoms with E-state index in [1.807, 2.05) is 6.07 Å². The molecule has 0 amide bonds. The molecule has 1 spiro atoms. The fourth-order valence-corrected chi connectivity index (χ4v) is 2.56. The van der Waals surface area contributed by atoms with Crippen molar-refractivity contribution >= 4 is 0 Å². The van der Waals surface area contributed by atoms with Gasteiger partial charge in [-0.3, -0.25) is 0 Å². The van der Waals surface area contributed by atoms with E-state index in [1.165, 1.54) is 11.1 Å². The summed E-state index contributed by atoms with van der Waals surface area (Å²) in [5.74, 6) is 0.487. The number of rotatable bonds is 0. The summed E-state index contributed by atoms with van der Waals surface area (Å²) in [6.07, 6.45) is 2.20. The second kappa shape index (κ2) is 2.26. The van der Waals surface area contributed by atoms with Gasteiger partial charge in [0.1, 0.15) is 5.75 Å². The first kappa shape index (κ1) is 7.39. The first-order chi connectivity index (χ1) is 6.29. The Morgan fingerprint density at radius 2 is 2.08 bits per heavy atom. The highest BCUT2D eigenvalue weighted by Crippen LogP contribution is 2.42. The summed E-state index contributed by atoms with van der Waals surface area (Å²) in [5.41, 5.74) is 2.98. The van der Waals surface area contributed by atoms with Gasteiger partial charge in [-0.05, 0) is 30.0 Å². The molecule has 1 saturated heterocycles. The highest BCUT2D eigenvalue weighted by atomic mass is 16.3. The molecule has 2 heteroatoms. The lowest BCUT2D eigenvalue weighted by Gasteiger charge is -2.39. The average Bonchev–Trinajstić information content (AvgIpc) is 2.44. The lowest BCUT2D eigenvalue weighted by Crippen LogP contribution is -2.53. The number of hydrogen-bond donors (Lipinski definition) is 2. The number of fused-ring (bicyclic) bond motifs is 1. The van der Waals surface area contributed by atoms with Crippen LogP contribution >= 0.6 is 0 Å². The van der Waals surface area contributed by atoms with Crippen LogP contribution in [-0.2, 0) is 12.8 Å². The van der Waals surface area contributed by atoms with Crippen LogP contribution in [0.3, 0.4) is 0 Å². The Morgan fingerprint density at radius 1 is 1.23 bits per heavy atom. The lowest BCUT2D eigenvalue weighted by molar-refractivity contribution is 0.182. The van der Waals surface area contributed by atoms with Gasteiger partial charge in [0.2, 0.25) is 0 Å². The Morgan fingerprint density at radius 3 is 2.69 bits per heavy atom. The van der Waals surface area contributed by atoms with Crippen LogP contribution < -0.4 is 5.32 Å². The molecule has 0 saturated carbocycles. The van der Waals surface area contributed by atoms with Crippen molar-refractivity contribution < 1.29 is 5.11 Å². The average molecular weight is 175 g/mol. The van der Waals surface area contributed by atoms with E-state index >= 15 is 0 Å². The van der Waals surface area contributed by atoms with E-state index in [-0.39, 0.29) is 0 Å². The summed E-state index contributed by atoms with van der Waals surface area (Å²) < 4.78 is 0. The molecule has 2 aliphatic rings. The van der Waals surface area contributed by atoms with Crippen LogP contribution in [0.5, 0.6) is 5.75 Å². The number of nitrogens with one attached hydrogen (secondary N) is 1. The number of benzene rings is 1. The van der Waals surface area contributed by atoms with Crippen LogP contribution in [0, 0.1) is 5.41 Å². The van der Waals surface area contributed by atoms with Gasteiger partial charge in [0.15, 0.2) is 0 Å². The van der Waals surface area contributed by atoms with E-state index in [1.54, 1.807) is 6.07 Å². The summed E-state index contributed by atoms with van der Waals surface area (Å²) in [6, 6.07) is 5.88. The molecule has 0 atom stereocenters. The fraction of sp³-hybridized carbons (Fsp3) is 0.455. The minimum Gasteiger partial charge on any atom is -0.508 e. The molecule has 1 aliphatic carbocycles. The third-order valence-corrected chi connectivity index (χ3v) is 3.37. The first-order valence-electron chi connectivity index (χ1n) is 4.80. The molecular formula is C11H13NO. The Bertz CT molecular complexity index is 355. The van der Waals surface area contributed by atoms with Crippen molar-refractivity contribution in [3.8, 4) is 5.75 Å². The molecule has 68 valence electrons. The van der Waals surface area contributed by atoms with Crippen LogP contribution in [0.1, 0.15) is 11.1 Å². The molecule has 1 aromatic carbocycles. The van der Waals surface area contributed by atoms with Crippen LogP contribution in [0.4, 0.5) is 0 Å². The molecule has 1 aromatic rings. The van der Waals surface area contributed by atoms with Gasteiger partial charge in [0.05, 0.1) is 0 Å². The summed E-state index contributed by atoms with van der Waals surface area (Å²) in [4.78, 5) is 0. The maximum absolute atomic E-state index is 9.66. The van der Waals surface area contributed by atoms with Gasteiger partial charge in [-0.1, -0.05) is 12.1 Å². The standard InChI is InChI=1S/C11H13NO/c13-10-3-1-2-8-4-11(5-9(8)10)6-12-7-11/h1-3,12-13H,4-7H2. The summed E-state index contributed by atoms with van der Waals surface area (Å²) >= 11 is 0. The van der Waals surface area contributed by atoms with Crippen molar-refractivity contribution in [3.63, 3.8) is 0 Å². The van der Waals surface area contributed by atoms with E-state index in [4.69, 9.17) is 0 Å². The third kappa shape index (κ3) is 0.923. The third-order valence-electron chi connectivity index (χ3n) is 3.37. The second-order valence-electron chi connectivity index (χ2n) is 4.37. The summed E-state index contributed by atoms with van der Waals surface area (Å²) in [5, 5.41) is 13.0. The molecule has 2 nitrogen and oxygen atoms in total. The maximum atomic E-state index is 9.66. The monoisotopic (exact) mass is 175 g/mol. The fourth-order valence-electron chi connectivity index (χ4n) is 2.56. The number of aromatic hydroxyl groups is 1. The predicted octanol–water partition coefficient (Wildman–Crippen LogP) is 1.08. The van der Waals surface area contributed by atoms with E-state index < -0.39 is 0 Å². The summed E-state index contributed by atoms with van der Waals surface area (Å²) in [6.45, 7) is 2.22. The van der Waals surface area contributed by atoms with Crippen LogP contribution in [-0.4, -0.2) is 18.2 Å². The quantitative estimate of drug-likeness (QED) is 0.618. The zero-order valence-electron chi connectivity index (χ0n) is 7.51. The van der Waals surface area contributed by atoms with Crippen LogP contribution in [0.15, 0.2) is 18.2 Å². The summed E-state index contributed by atoms with van der Waals surface area (Å²) in [7, 11) is 0. The molecule has 1 heterocycles. The predicted molar refractivity (Wildman–Crippen MR) is 50.8 cm³/mol. The topological polar surface area (TPSA) is 32.3 Å². The molecule has 0 bridgehead atoms. The molecule has 1 fully saturated rings. The lowest BCUT2D eigenvalue weighted by atomic mass is 9.79. The smallest absolute Gasteiger partial charge is 0.119 e. The largest absolute Gasteiger partial charge is 0.508 e. The first-order valence-corrected chi connectivity index (χ1v) is 4.80. The molecule has 2 N–H and O–H groups in total. The minimum atomic E-state index is 0.446. The van der Waals surface area contributed by atoms with Crippen molar-refractivity contribution in [2.45, 2.75) is 12.8 Å². The van der Waals surface area contributed by atoms with Gasteiger partial charge in [0, 0.05) is 18.5 Å². The van der Waals surface area contributed by atoms with Gasteiger partial charge in [-0.15, -0.1) is 0 Å². The van der Waals surface area contributed by atoms with Crippen molar-refractivity contribution in [2.24, 2.45) is 5.41 Å². The highest BCUT2D eigenvalue weighted by molar-refractivity contribution is 5.45.